The molecule has 2 aromatic heterocycles. The molecule has 0 saturated heterocycles. The molecule has 0 amide bonds. The Hall–Kier alpha value is -1.61. The molecular weight excluding hydrogens is 392 g/mol. The van der Waals surface area contributed by atoms with Crippen molar-refractivity contribution >= 4 is 39.7 Å². The number of sulfone groups is 1. The van der Waals surface area contributed by atoms with Crippen molar-refractivity contribution in [3.63, 3.8) is 0 Å². The Morgan fingerprint density at radius 2 is 1.92 bits per heavy atom. The second kappa shape index (κ2) is 7.19. The van der Waals surface area contributed by atoms with Crippen LogP contribution in [-0.4, -0.2) is 47.8 Å². The number of thioether (sulfide) groups is 1. The molecule has 0 unspecified atom stereocenters. The number of fused-ring (bicyclic) bond motifs is 2. The van der Waals surface area contributed by atoms with E-state index >= 15 is 0 Å². The van der Waals surface area contributed by atoms with E-state index in [1.165, 1.54) is 11.8 Å². The van der Waals surface area contributed by atoms with Gasteiger partial charge in [-0.2, -0.15) is 5.10 Å². The van der Waals surface area contributed by atoms with E-state index < -0.39 is 9.84 Å². The summed E-state index contributed by atoms with van der Waals surface area (Å²) in [5, 5.41) is 4.95. The maximum atomic E-state index is 13.2. The third kappa shape index (κ3) is 3.11. The molecule has 0 N–H and O–H groups in total. The summed E-state index contributed by atoms with van der Waals surface area (Å²) in [6.07, 6.45) is 4.56. The molecule has 0 atom stereocenters. The van der Waals surface area contributed by atoms with Gasteiger partial charge in [0.05, 0.1) is 10.6 Å². The molecular formula is C17H19ClN4O2S2. The van der Waals surface area contributed by atoms with Crippen LogP contribution >= 0.6 is 24.2 Å². The highest BCUT2D eigenvalue weighted by Gasteiger charge is 2.29. The Morgan fingerprint density at radius 3 is 2.62 bits per heavy atom. The van der Waals surface area contributed by atoms with Crippen molar-refractivity contribution in [2.24, 2.45) is 0 Å². The molecule has 3 heterocycles. The van der Waals surface area contributed by atoms with E-state index in [9.17, 15) is 8.42 Å². The molecule has 138 valence electrons. The van der Waals surface area contributed by atoms with E-state index in [0.717, 1.165) is 30.8 Å². The van der Waals surface area contributed by atoms with Crippen molar-refractivity contribution < 1.29 is 8.42 Å². The first kappa shape index (κ1) is 19.2. The monoisotopic (exact) mass is 410 g/mol. The largest absolute Gasteiger partial charge is 0.302 e. The zero-order valence-electron chi connectivity index (χ0n) is 14.4. The summed E-state index contributed by atoms with van der Waals surface area (Å²) in [6, 6.07) is 8.47. The molecule has 1 aliphatic heterocycles. The van der Waals surface area contributed by atoms with E-state index in [2.05, 4.69) is 17.0 Å². The normalized spacial score (nSPS) is 14.8. The van der Waals surface area contributed by atoms with Crippen LogP contribution in [0.2, 0.25) is 0 Å². The molecule has 1 aromatic carbocycles. The van der Waals surface area contributed by atoms with Gasteiger partial charge < -0.3 is 4.90 Å². The lowest BCUT2D eigenvalue weighted by Crippen LogP contribution is -2.27. The lowest BCUT2D eigenvalue weighted by molar-refractivity contribution is 0.309. The molecule has 6 nitrogen and oxygen atoms in total. The Kier molecular flexibility index (Phi) is 5.30. The number of rotatable bonds is 3. The Labute approximate surface area is 162 Å². The number of hydrogen-bond acceptors (Lipinski definition) is 6. The first-order chi connectivity index (χ1) is 12.0. The molecule has 4 rings (SSSR count). The highest BCUT2D eigenvalue weighted by atomic mass is 35.5. The Morgan fingerprint density at radius 1 is 1.19 bits per heavy atom. The fourth-order valence-electron chi connectivity index (χ4n) is 3.11. The molecule has 0 saturated carbocycles. The average Bonchev–Trinajstić information content (AvgIpc) is 2.98. The lowest BCUT2D eigenvalue weighted by atomic mass is 10.1. The molecule has 0 aliphatic carbocycles. The van der Waals surface area contributed by atoms with E-state index in [1.54, 1.807) is 34.8 Å². The summed E-state index contributed by atoms with van der Waals surface area (Å²) >= 11 is 1.32. The van der Waals surface area contributed by atoms with Gasteiger partial charge in [0.2, 0.25) is 9.84 Å². The number of nitrogens with zero attached hydrogens (tertiary/aromatic N) is 4. The summed E-state index contributed by atoms with van der Waals surface area (Å²) < 4.78 is 28.0. The molecule has 0 fully saturated rings. The van der Waals surface area contributed by atoms with Gasteiger partial charge in [0.1, 0.15) is 5.03 Å². The second-order valence-electron chi connectivity index (χ2n) is 6.12. The van der Waals surface area contributed by atoms with Crippen LogP contribution in [0.25, 0.3) is 5.65 Å². The van der Waals surface area contributed by atoms with Crippen molar-refractivity contribution in [3.8, 4) is 0 Å². The van der Waals surface area contributed by atoms with E-state index in [1.807, 2.05) is 12.5 Å². The van der Waals surface area contributed by atoms with Crippen molar-refractivity contribution in [2.45, 2.75) is 27.8 Å². The van der Waals surface area contributed by atoms with E-state index in [0.29, 0.717) is 10.7 Å². The second-order valence-corrected chi connectivity index (χ2v) is 8.81. The van der Waals surface area contributed by atoms with Crippen LogP contribution in [0.3, 0.4) is 0 Å². The van der Waals surface area contributed by atoms with E-state index in [4.69, 9.17) is 4.98 Å². The van der Waals surface area contributed by atoms with Crippen LogP contribution in [0, 0.1) is 0 Å². The van der Waals surface area contributed by atoms with Crippen molar-refractivity contribution in [1.29, 1.82) is 0 Å². The Balaban J connectivity index is 0.00000196. The van der Waals surface area contributed by atoms with E-state index in [-0.39, 0.29) is 22.2 Å². The third-order valence-corrected chi connectivity index (χ3v) is 7.00. The summed E-state index contributed by atoms with van der Waals surface area (Å²) in [4.78, 5) is 7.38. The Bertz CT molecular complexity index is 1050. The minimum Gasteiger partial charge on any atom is -0.302 e. The minimum atomic E-state index is -3.68. The number of hydrogen-bond donors (Lipinski definition) is 0. The quantitative estimate of drug-likeness (QED) is 0.618. The predicted molar refractivity (Wildman–Crippen MR) is 104 cm³/mol. The standard InChI is InChI=1S/C17H18N4O2S2.ClH/c1-20-9-8-14-12(10-20)11-21-16(18-14)15(17(19-21)24-2)25(22,23)13-6-4-3-5-7-13;/h3-7,11H,8-10H2,1-2H3;1H. The lowest BCUT2D eigenvalue weighted by Gasteiger charge is -2.23. The van der Waals surface area contributed by atoms with Crippen LogP contribution in [0.5, 0.6) is 0 Å². The van der Waals surface area contributed by atoms with Crippen LogP contribution in [-0.2, 0) is 22.8 Å². The van der Waals surface area contributed by atoms with Gasteiger partial charge in [0.25, 0.3) is 0 Å². The zero-order chi connectivity index (χ0) is 17.6. The third-order valence-electron chi connectivity index (χ3n) is 4.39. The number of benzene rings is 1. The van der Waals surface area contributed by atoms with Crippen molar-refractivity contribution in [1.82, 2.24) is 19.5 Å². The number of aromatic nitrogens is 3. The zero-order valence-corrected chi connectivity index (χ0v) is 16.9. The van der Waals surface area contributed by atoms with Gasteiger partial charge in [-0.15, -0.1) is 24.2 Å². The van der Waals surface area contributed by atoms with Crippen molar-refractivity contribution in [2.75, 3.05) is 19.8 Å². The summed E-state index contributed by atoms with van der Waals surface area (Å²) in [5.74, 6) is 0. The van der Waals surface area contributed by atoms with Gasteiger partial charge in [-0.1, -0.05) is 18.2 Å². The molecule has 9 heteroatoms. The maximum Gasteiger partial charge on any atom is 0.213 e. The summed E-state index contributed by atoms with van der Waals surface area (Å²) in [5.41, 5.74) is 2.47. The molecule has 0 radical (unpaired) electrons. The van der Waals surface area contributed by atoms with Crippen LogP contribution < -0.4 is 0 Å². The highest BCUT2D eigenvalue weighted by molar-refractivity contribution is 7.99. The highest BCUT2D eigenvalue weighted by Crippen LogP contribution is 2.33. The number of halogens is 1. The molecule has 0 spiro atoms. The topological polar surface area (TPSA) is 67.6 Å². The summed E-state index contributed by atoms with van der Waals surface area (Å²) in [7, 11) is -1.62. The smallest absolute Gasteiger partial charge is 0.213 e. The van der Waals surface area contributed by atoms with Gasteiger partial charge in [0.15, 0.2) is 10.5 Å². The molecule has 0 bridgehead atoms. The minimum absolute atomic E-state index is 0. The van der Waals surface area contributed by atoms with Gasteiger partial charge in [0, 0.05) is 31.3 Å². The first-order valence-electron chi connectivity index (χ1n) is 7.94. The van der Waals surface area contributed by atoms with Gasteiger partial charge in [-0.3, -0.25) is 0 Å². The van der Waals surface area contributed by atoms with Gasteiger partial charge >= 0.3 is 0 Å². The van der Waals surface area contributed by atoms with Crippen LogP contribution in [0.1, 0.15) is 11.3 Å². The SMILES string of the molecule is CSc1nn2cc3c(nc2c1S(=O)(=O)c1ccccc1)CCN(C)C3.Cl. The van der Waals surface area contributed by atoms with Gasteiger partial charge in [-0.05, 0) is 25.4 Å². The maximum absolute atomic E-state index is 13.2. The van der Waals surface area contributed by atoms with Crippen LogP contribution in [0.4, 0.5) is 0 Å². The average molecular weight is 411 g/mol. The fourth-order valence-corrected chi connectivity index (χ4v) is 5.53. The molecule has 1 aliphatic rings. The van der Waals surface area contributed by atoms with Gasteiger partial charge in [-0.25, -0.2) is 17.9 Å². The van der Waals surface area contributed by atoms with Crippen LogP contribution in [0.15, 0.2) is 51.3 Å². The number of likely N-dealkylation sites (N-methyl/N-ethyl adjacent to an activating group) is 1. The first-order valence-corrected chi connectivity index (χ1v) is 10.7. The van der Waals surface area contributed by atoms with Crippen molar-refractivity contribution in [3.05, 3.63) is 47.8 Å². The summed E-state index contributed by atoms with van der Waals surface area (Å²) in [6.45, 7) is 1.72. The molecule has 3 aromatic rings. The fraction of sp³-hybridized carbons (Fsp3) is 0.294. The molecule has 26 heavy (non-hydrogen) atoms. The predicted octanol–water partition coefficient (Wildman–Crippen LogP) is 2.69.